The second-order valence-corrected chi connectivity index (χ2v) is 8.28. The van der Waals surface area contributed by atoms with E-state index in [1.165, 1.54) is 11.3 Å². The van der Waals surface area contributed by atoms with Gasteiger partial charge in [-0.3, -0.25) is 4.79 Å². The van der Waals surface area contributed by atoms with Crippen molar-refractivity contribution < 1.29 is 23.7 Å². The smallest absolute Gasteiger partial charge is 0.273 e. The Bertz CT molecular complexity index is 1110. The van der Waals surface area contributed by atoms with Crippen LogP contribution in [0.3, 0.4) is 0 Å². The van der Waals surface area contributed by atoms with Crippen LogP contribution in [0.2, 0.25) is 0 Å². The van der Waals surface area contributed by atoms with Gasteiger partial charge in [-0.15, -0.1) is 11.3 Å². The van der Waals surface area contributed by atoms with Gasteiger partial charge in [0, 0.05) is 17.0 Å². The largest absolute Gasteiger partial charge is 0.497 e. The maximum atomic E-state index is 13.4. The number of methoxy groups -OCH3 is 4. The van der Waals surface area contributed by atoms with Crippen LogP contribution in [0.4, 0.5) is 0 Å². The zero-order valence-corrected chi connectivity index (χ0v) is 19.4. The highest BCUT2D eigenvalue weighted by Gasteiger charge is 2.35. The third kappa shape index (κ3) is 4.36. The first-order valence-electron chi connectivity index (χ1n) is 10.3. The number of rotatable bonds is 9. The predicted octanol–water partition coefficient (Wildman–Crippen LogP) is 4.65. The molecule has 1 heterocycles. The highest BCUT2D eigenvalue weighted by Crippen LogP contribution is 2.39. The average molecular weight is 455 g/mol. The van der Waals surface area contributed by atoms with E-state index < -0.39 is 0 Å². The number of aromatic nitrogens is 1. The van der Waals surface area contributed by atoms with Crippen molar-refractivity contribution in [2.75, 3.05) is 28.4 Å². The number of hydrogen-bond donors (Lipinski definition) is 0. The lowest BCUT2D eigenvalue weighted by Crippen LogP contribution is -2.33. The van der Waals surface area contributed by atoms with E-state index >= 15 is 0 Å². The van der Waals surface area contributed by atoms with Gasteiger partial charge in [0.05, 0.1) is 40.5 Å². The van der Waals surface area contributed by atoms with E-state index in [-0.39, 0.29) is 11.9 Å². The molecule has 1 aromatic heterocycles. The number of benzene rings is 2. The molecule has 8 heteroatoms. The summed E-state index contributed by atoms with van der Waals surface area (Å²) in [6.07, 6.45) is 1.97. The van der Waals surface area contributed by atoms with Crippen molar-refractivity contribution >= 4 is 17.2 Å². The molecule has 0 saturated heterocycles. The van der Waals surface area contributed by atoms with Crippen LogP contribution in [0.15, 0.2) is 41.8 Å². The molecule has 4 rings (SSSR count). The molecule has 1 fully saturated rings. The lowest BCUT2D eigenvalue weighted by molar-refractivity contribution is 0.0723. The van der Waals surface area contributed by atoms with Gasteiger partial charge in [0.1, 0.15) is 22.2 Å². The Balaban J connectivity index is 1.62. The maximum absolute atomic E-state index is 13.4. The summed E-state index contributed by atoms with van der Waals surface area (Å²) in [7, 11) is 6.44. The first-order valence-corrected chi connectivity index (χ1v) is 11.2. The van der Waals surface area contributed by atoms with E-state index in [4.69, 9.17) is 18.9 Å². The Morgan fingerprint density at radius 3 is 2.47 bits per heavy atom. The van der Waals surface area contributed by atoms with E-state index in [1.54, 1.807) is 33.8 Å². The van der Waals surface area contributed by atoms with Crippen molar-refractivity contribution in [3.05, 3.63) is 53.0 Å². The molecule has 0 bridgehead atoms. The first-order chi connectivity index (χ1) is 15.6. The molecule has 32 heavy (non-hydrogen) atoms. The second-order valence-electron chi connectivity index (χ2n) is 7.42. The minimum atomic E-state index is -0.0956. The molecule has 3 aromatic rings. The summed E-state index contributed by atoms with van der Waals surface area (Å²) < 4.78 is 21.8. The summed E-state index contributed by atoms with van der Waals surface area (Å²) in [5.74, 6) is 2.58. The molecule has 1 saturated carbocycles. The van der Waals surface area contributed by atoms with Crippen LogP contribution in [0.25, 0.3) is 10.6 Å². The standard InChI is InChI=1S/C24H26N2O5S/c1-28-17-10-11-20(29-2)15(12-17)13-26(16-8-9-16)24(27)19-14-32-23(25-19)18-6-5-7-21(30-3)22(18)31-4/h5-7,10-12,14,16H,8-9,13H2,1-4H3. The fraction of sp³-hybridized carbons (Fsp3) is 0.333. The van der Waals surface area contributed by atoms with Crippen molar-refractivity contribution in [1.82, 2.24) is 9.88 Å². The SMILES string of the molecule is COc1ccc(OC)c(CN(C(=O)c2csc(-c3cccc(OC)c3OC)n2)C2CC2)c1. The molecule has 1 amide bonds. The highest BCUT2D eigenvalue weighted by molar-refractivity contribution is 7.13. The summed E-state index contributed by atoms with van der Waals surface area (Å²) >= 11 is 1.41. The highest BCUT2D eigenvalue weighted by atomic mass is 32.1. The van der Waals surface area contributed by atoms with Crippen molar-refractivity contribution in [2.24, 2.45) is 0 Å². The Morgan fingerprint density at radius 1 is 1.03 bits per heavy atom. The number of nitrogens with zero attached hydrogens (tertiary/aromatic N) is 2. The summed E-state index contributed by atoms with van der Waals surface area (Å²) in [4.78, 5) is 20.0. The van der Waals surface area contributed by atoms with Crippen LogP contribution < -0.4 is 18.9 Å². The van der Waals surface area contributed by atoms with Crippen molar-refractivity contribution in [2.45, 2.75) is 25.4 Å². The fourth-order valence-electron chi connectivity index (χ4n) is 3.64. The number of para-hydroxylation sites is 1. The molecule has 0 atom stereocenters. The topological polar surface area (TPSA) is 70.1 Å². The lowest BCUT2D eigenvalue weighted by Gasteiger charge is -2.23. The Kier molecular flexibility index (Phi) is 6.50. The van der Waals surface area contributed by atoms with Crippen molar-refractivity contribution in [1.29, 1.82) is 0 Å². The monoisotopic (exact) mass is 454 g/mol. The second kappa shape index (κ2) is 9.48. The molecular formula is C24H26N2O5S. The number of thiazole rings is 1. The molecule has 7 nitrogen and oxygen atoms in total. The fourth-order valence-corrected chi connectivity index (χ4v) is 4.46. The third-order valence-electron chi connectivity index (χ3n) is 5.43. The van der Waals surface area contributed by atoms with Gasteiger partial charge in [0.25, 0.3) is 5.91 Å². The quantitative estimate of drug-likeness (QED) is 0.469. The minimum absolute atomic E-state index is 0.0956. The molecule has 1 aliphatic carbocycles. The summed E-state index contributed by atoms with van der Waals surface area (Å²) in [5.41, 5.74) is 2.11. The molecule has 0 aliphatic heterocycles. The van der Waals surface area contributed by atoms with E-state index in [9.17, 15) is 4.79 Å². The van der Waals surface area contributed by atoms with Gasteiger partial charge >= 0.3 is 0 Å². The van der Waals surface area contributed by atoms with Gasteiger partial charge in [0.15, 0.2) is 11.5 Å². The van der Waals surface area contributed by atoms with Gasteiger partial charge in [-0.1, -0.05) is 6.07 Å². The zero-order chi connectivity index (χ0) is 22.7. The van der Waals surface area contributed by atoms with Crippen LogP contribution in [0, 0.1) is 0 Å². The maximum Gasteiger partial charge on any atom is 0.273 e. The Morgan fingerprint density at radius 2 is 1.81 bits per heavy atom. The van der Waals surface area contributed by atoms with E-state index in [0.29, 0.717) is 28.7 Å². The normalized spacial score (nSPS) is 12.9. The minimum Gasteiger partial charge on any atom is -0.497 e. The molecule has 0 spiro atoms. The predicted molar refractivity (Wildman–Crippen MR) is 123 cm³/mol. The molecule has 1 aliphatic rings. The Labute approximate surface area is 191 Å². The number of amides is 1. The average Bonchev–Trinajstić information content (AvgIpc) is 3.56. The lowest BCUT2D eigenvalue weighted by atomic mass is 10.1. The first kappa shape index (κ1) is 22.0. The summed E-state index contributed by atoms with van der Waals surface area (Å²) in [5, 5.41) is 2.51. The van der Waals surface area contributed by atoms with Gasteiger partial charge in [-0.25, -0.2) is 4.98 Å². The van der Waals surface area contributed by atoms with Gasteiger partial charge < -0.3 is 23.8 Å². The van der Waals surface area contributed by atoms with Crippen molar-refractivity contribution in [3.8, 4) is 33.6 Å². The van der Waals surface area contributed by atoms with Crippen molar-refractivity contribution in [3.63, 3.8) is 0 Å². The van der Waals surface area contributed by atoms with E-state index in [0.717, 1.165) is 35.5 Å². The number of carbonyl (C=O) groups is 1. The van der Waals surface area contributed by atoms with Crippen LogP contribution in [0.5, 0.6) is 23.0 Å². The van der Waals surface area contributed by atoms with Crippen LogP contribution in [-0.4, -0.2) is 50.3 Å². The van der Waals surface area contributed by atoms with Crippen LogP contribution >= 0.6 is 11.3 Å². The molecule has 0 N–H and O–H groups in total. The van der Waals surface area contributed by atoms with E-state index in [2.05, 4.69) is 4.98 Å². The van der Waals surface area contributed by atoms with Gasteiger partial charge in [-0.05, 0) is 43.2 Å². The zero-order valence-electron chi connectivity index (χ0n) is 18.6. The number of hydrogen-bond acceptors (Lipinski definition) is 7. The van der Waals surface area contributed by atoms with Crippen LogP contribution in [0.1, 0.15) is 28.9 Å². The molecular weight excluding hydrogens is 428 g/mol. The van der Waals surface area contributed by atoms with E-state index in [1.807, 2.05) is 41.3 Å². The third-order valence-corrected chi connectivity index (χ3v) is 6.31. The Hall–Kier alpha value is -3.26. The molecule has 0 radical (unpaired) electrons. The van der Waals surface area contributed by atoms with Gasteiger partial charge in [-0.2, -0.15) is 0 Å². The summed E-state index contributed by atoms with van der Waals surface area (Å²) in [6, 6.07) is 11.4. The van der Waals surface area contributed by atoms with Gasteiger partial charge in [0.2, 0.25) is 0 Å². The number of ether oxygens (including phenoxy) is 4. The molecule has 168 valence electrons. The summed E-state index contributed by atoms with van der Waals surface area (Å²) in [6.45, 7) is 0.430. The molecule has 2 aromatic carbocycles. The van der Waals surface area contributed by atoms with Crippen LogP contribution in [-0.2, 0) is 6.54 Å². The molecule has 0 unspecified atom stereocenters. The number of carbonyl (C=O) groups excluding carboxylic acids is 1.